The van der Waals surface area contributed by atoms with Gasteiger partial charge in [0.25, 0.3) is 15.9 Å². The molecule has 1 aliphatic heterocycles. The highest BCUT2D eigenvalue weighted by molar-refractivity contribution is 7.92. The van der Waals surface area contributed by atoms with Gasteiger partial charge in [-0.25, -0.2) is 8.42 Å². The van der Waals surface area contributed by atoms with E-state index in [1.807, 2.05) is 4.90 Å². The fraction of sp³-hybridized carbons (Fsp3) is 0.316. The molecule has 1 aliphatic rings. The minimum atomic E-state index is -3.71. The van der Waals surface area contributed by atoms with E-state index < -0.39 is 10.0 Å². The van der Waals surface area contributed by atoms with Crippen LogP contribution in [0.4, 0.5) is 5.69 Å². The van der Waals surface area contributed by atoms with Crippen molar-refractivity contribution in [2.75, 3.05) is 24.9 Å². The second kappa shape index (κ2) is 7.37. The highest BCUT2D eigenvalue weighted by atomic mass is 32.2. The first-order valence-corrected chi connectivity index (χ1v) is 9.96. The number of hydrogen-bond donors (Lipinski definition) is 1. The van der Waals surface area contributed by atoms with E-state index in [1.165, 1.54) is 6.07 Å². The van der Waals surface area contributed by atoms with Crippen LogP contribution >= 0.6 is 0 Å². The lowest BCUT2D eigenvalue weighted by Crippen LogP contribution is -2.27. The number of carbonyl (C=O) groups is 1. The number of sulfonamides is 1. The largest absolute Gasteiger partial charge is 0.496 e. The van der Waals surface area contributed by atoms with Gasteiger partial charge >= 0.3 is 0 Å². The lowest BCUT2D eigenvalue weighted by atomic mass is 10.2. The lowest BCUT2D eigenvalue weighted by Gasteiger charge is -2.15. The van der Waals surface area contributed by atoms with Gasteiger partial charge in [-0.15, -0.1) is 0 Å². The first-order chi connectivity index (χ1) is 12.4. The molecule has 1 amide bonds. The van der Waals surface area contributed by atoms with E-state index in [-0.39, 0.29) is 10.8 Å². The monoisotopic (exact) mass is 374 g/mol. The van der Waals surface area contributed by atoms with E-state index in [9.17, 15) is 13.2 Å². The fourth-order valence-corrected chi connectivity index (χ4v) is 4.16. The Balaban J connectivity index is 1.75. The van der Waals surface area contributed by atoms with Crippen molar-refractivity contribution < 1.29 is 17.9 Å². The Labute approximate surface area is 153 Å². The Morgan fingerprint density at radius 2 is 1.73 bits per heavy atom. The Hall–Kier alpha value is -2.54. The van der Waals surface area contributed by atoms with E-state index >= 15 is 0 Å². The number of likely N-dealkylation sites (tertiary alicyclic amines) is 1. The van der Waals surface area contributed by atoms with Crippen molar-refractivity contribution in [2.24, 2.45) is 0 Å². The summed E-state index contributed by atoms with van der Waals surface area (Å²) in [5, 5.41) is 0. The Bertz CT molecular complexity index is 902. The number of anilines is 1. The third-order valence-corrected chi connectivity index (χ3v) is 5.83. The number of nitrogens with one attached hydrogen (secondary N) is 1. The van der Waals surface area contributed by atoms with Crippen molar-refractivity contribution >= 4 is 21.6 Å². The molecule has 1 fully saturated rings. The summed E-state index contributed by atoms with van der Waals surface area (Å²) >= 11 is 0. The second-order valence-electron chi connectivity index (χ2n) is 6.31. The third kappa shape index (κ3) is 3.83. The highest BCUT2D eigenvalue weighted by Crippen LogP contribution is 2.23. The number of ether oxygens (including phenoxy) is 1. The molecule has 1 heterocycles. The average Bonchev–Trinajstić information content (AvgIpc) is 3.16. The normalized spacial score (nSPS) is 14.3. The summed E-state index contributed by atoms with van der Waals surface area (Å²) in [5.41, 5.74) is 1.72. The van der Waals surface area contributed by atoms with E-state index in [0.717, 1.165) is 31.5 Å². The van der Waals surface area contributed by atoms with Gasteiger partial charge in [-0.1, -0.05) is 0 Å². The van der Waals surface area contributed by atoms with Crippen molar-refractivity contribution in [1.82, 2.24) is 4.90 Å². The Morgan fingerprint density at radius 3 is 2.31 bits per heavy atom. The molecule has 26 heavy (non-hydrogen) atoms. The van der Waals surface area contributed by atoms with Crippen molar-refractivity contribution in [3.05, 3.63) is 53.6 Å². The van der Waals surface area contributed by atoms with Crippen molar-refractivity contribution in [3.63, 3.8) is 0 Å². The van der Waals surface area contributed by atoms with Crippen LogP contribution in [-0.2, 0) is 10.0 Å². The molecular formula is C19H22N2O4S. The average molecular weight is 374 g/mol. The quantitative estimate of drug-likeness (QED) is 0.873. The smallest absolute Gasteiger partial charge is 0.261 e. The predicted octanol–water partition coefficient (Wildman–Crippen LogP) is 3.04. The van der Waals surface area contributed by atoms with Crippen LogP contribution < -0.4 is 9.46 Å². The fourth-order valence-electron chi connectivity index (χ4n) is 3.02. The molecule has 2 aromatic carbocycles. The van der Waals surface area contributed by atoms with Gasteiger partial charge in [-0.2, -0.15) is 0 Å². The number of amides is 1. The molecule has 138 valence electrons. The first-order valence-electron chi connectivity index (χ1n) is 8.47. The van der Waals surface area contributed by atoms with E-state index in [0.29, 0.717) is 17.0 Å². The molecule has 0 atom stereocenters. The van der Waals surface area contributed by atoms with Crippen LogP contribution in [0, 0.1) is 6.92 Å². The van der Waals surface area contributed by atoms with Gasteiger partial charge < -0.3 is 9.64 Å². The molecule has 0 saturated carbocycles. The predicted molar refractivity (Wildman–Crippen MR) is 100 cm³/mol. The summed E-state index contributed by atoms with van der Waals surface area (Å²) < 4.78 is 32.8. The number of hydrogen-bond acceptors (Lipinski definition) is 4. The van der Waals surface area contributed by atoms with Crippen LogP contribution in [0.15, 0.2) is 47.4 Å². The maximum absolute atomic E-state index is 12.6. The van der Waals surface area contributed by atoms with Crippen molar-refractivity contribution in [2.45, 2.75) is 24.7 Å². The molecule has 0 bridgehead atoms. The molecule has 0 radical (unpaired) electrons. The van der Waals surface area contributed by atoms with E-state index in [4.69, 9.17) is 4.74 Å². The molecule has 0 aromatic heterocycles. The van der Waals surface area contributed by atoms with Crippen LogP contribution in [0.5, 0.6) is 5.75 Å². The topological polar surface area (TPSA) is 75.7 Å². The molecule has 0 aliphatic carbocycles. The van der Waals surface area contributed by atoms with Gasteiger partial charge in [0.1, 0.15) is 5.75 Å². The minimum absolute atomic E-state index is 0.0114. The van der Waals surface area contributed by atoms with Crippen LogP contribution in [0.25, 0.3) is 0 Å². The zero-order valence-corrected chi connectivity index (χ0v) is 15.7. The van der Waals surface area contributed by atoms with Gasteiger partial charge in [-0.05, 0) is 67.8 Å². The van der Waals surface area contributed by atoms with Gasteiger partial charge in [0, 0.05) is 24.3 Å². The molecular weight excluding hydrogens is 352 g/mol. The summed E-state index contributed by atoms with van der Waals surface area (Å²) in [5.74, 6) is 0.622. The number of carbonyl (C=O) groups excluding carboxylic acids is 1. The molecule has 6 nitrogen and oxygen atoms in total. The molecule has 1 saturated heterocycles. The van der Waals surface area contributed by atoms with Crippen LogP contribution in [0.1, 0.15) is 28.8 Å². The van der Waals surface area contributed by atoms with Crippen LogP contribution in [-0.4, -0.2) is 39.4 Å². The number of benzene rings is 2. The van der Waals surface area contributed by atoms with Crippen LogP contribution in [0.3, 0.4) is 0 Å². The maximum Gasteiger partial charge on any atom is 0.261 e. The summed E-state index contributed by atoms with van der Waals surface area (Å²) in [6.07, 6.45) is 2.07. The highest BCUT2D eigenvalue weighted by Gasteiger charge is 2.20. The third-order valence-electron chi connectivity index (χ3n) is 4.45. The molecule has 0 unspecified atom stereocenters. The maximum atomic E-state index is 12.6. The minimum Gasteiger partial charge on any atom is -0.496 e. The zero-order chi connectivity index (χ0) is 18.7. The molecule has 7 heteroatoms. The number of aryl methyl sites for hydroxylation is 1. The van der Waals surface area contributed by atoms with E-state index in [2.05, 4.69) is 4.72 Å². The standard InChI is InChI=1S/C19H22N2O4S/c1-14-13-17(9-10-18(14)25-2)26(23,24)20-16-7-5-15(6-8-16)19(22)21-11-3-4-12-21/h5-10,13,20H,3-4,11-12H2,1-2H3. The number of nitrogens with zero attached hydrogens (tertiary/aromatic N) is 1. The Kier molecular flexibility index (Phi) is 5.18. The lowest BCUT2D eigenvalue weighted by molar-refractivity contribution is 0.0793. The van der Waals surface area contributed by atoms with Gasteiger partial charge in [0.05, 0.1) is 12.0 Å². The summed E-state index contributed by atoms with van der Waals surface area (Å²) in [4.78, 5) is 14.3. The van der Waals surface area contributed by atoms with E-state index in [1.54, 1.807) is 50.4 Å². The van der Waals surface area contributed by atoms with Gasteiger partial charge in [0.2, 0.25) is 0 Å². The first kappa shape index (κ1) is 18.3. The summed E-state index contributed by atoms with van der Waals surface area (Å²) in [6, 6.07) is 11.2. The second-order valence-corrected chi connectivity index (χ2v) is 8.00. The SMILES string of the molecule is COc1ccc(S(=O)(=O)Nc2ccc(C(=O)N3CCCC3)cc2)cc1C. The molecule has 2 aromatic rings. The van der Waals surface area contributed by atoms with Crippen molar-refractivity contribution in [3.8, 4) is 5.75 Å². The Morgan fingerprint density at radius 1 is 1.08 bits per heavy atom. The van der Waals surface area contributed by atoms with Crippen molar-refractivity contribution in [1.29, 1.82) is 0 Å². The molecule has 0 spiro atoms. The molecule has 3 rings (SSSR count). The summed E-state index contributed by atoms with van der Waals surface area (Å²) in [6.45, 7) is 3.35. The summed E-state index contributed by atoms with van der Waals surface area (Å²) in [7, 11) is -2.17. The zero-order valence-electron chi connectivity index (χ0n) is 14.9. The van der Waals surface area contributed by atoms with Crippen LogP contribution in [0.2, 0.25) is 0 Å². The van der Waals surface area contributed by atoms with Gasteiger partial charge in [0.15, 0.2) is 0 Å². The number of methoxy groups -OCH3 is 1. The molecule has 1 N–H and O–H groups in total. The number of rotatable bonds is 5. The van der Waals surface area contributed by atoms with Gasteiger partial charge in [-0.3, -0.25) is 9.52 Å².